The maximum Gasteiger partial charge on any atom is 0.453 e. The van der Waals surface area contributed by atoms with Crippen molar-refractivity contribution in [1.29, 1.82) is 0 Å². The second-order valence-corrected chi connectivity index (χ2v) is 5.34. The van der Waals surface area contributed by atoms with Crippen molar-refractivity contribution in [1.82, 2.24) is 29.3 Å². The number of alkyl halides is 3. The molecule has 0 atom stereocenters. The summed E-state index contributed by atoms with van der Waals surface area (Å²) in [7, 11) is 1.69. The molecule has 122 valence electrons. The third kappa shape index (κ3) is 2.66. The van der Waals surface area contributed by atoms with E-state index in [0.29, 0.717) is 24.0 Å². The first-order valence-corrected chi connectivity index (χ1v) is 7.14. The molecule has 0 aromatic carbocycles. The monoisotopic (exact) mass is 324 g/mol. The number of aromatic nitrogens is 6. The van der Waals surface area contributed by atoms with Crippen molar-refractivity contribution in [2.75, 3.05) is 0 Å². The number of rotatable bonds is 3. The predicted molar refractivity (Wildman–Crippen MR) is 77.2 cm³/mol. The van der Waals surface area contributed by atoms with E-state index >= 15 is 0 Å². The molecule has 0 saturated heterocycles. The maximum atomic E-state index is 12.9. The van der Waals surface area contributed by atoms with Gasteiger partial charge in [-0.15, -0.1) is 5.10 Å². The molecule has 0 N–H and O–H groups in total. The SMILES string of the molecule is CCCc1nc(C(F)(F)F)nn1-c1nc2cc(C)cnc2n1C. The van der Waals surface area contributed by atoms with Gasteiger partial charge in [-0.25, -0.2) is 15.0 Å². The maximum absolute atomic E-state index is 12.9. The molecule has 3 heterocycles. The summed E-state index contributed by atoms with van der Waals surface area (Å²) in [6.45, 7) is 3.74. The molecule has 0 aliphatic carbocycles. The molecule has 0 bridgehead atoms. The Labute approximate surface area is 130 Å². The van der Waals surface area contributed by atoms with Crippen molar-refractivity contribution in [2.45, 2.75) is 32.9 Å². The molecular formula is C14H15F3N6. The highest BCUT2D eigenvalue weighted by atomic mass is 19.4. The lowest BCUT2D eigenvalue weighted by Gasteiger charge is -2.04. The zero-order valence-corrected chi connectivity index (χ0v) is 12.9. The van der Waals surface area contributed by atoms with Crippen LogP contribution in [0.3, 0.4) is 0 Å². The van der Waals surface area contributed by atoms with E-state index in [0.717, 1.165) is 10.2 Å². The number of halogens is 3. The van der Waals surface area contributed by atoms with E-state index in [9.17, 15) is 13.2 Å². The average Bonchev–Trinajstić information content (AvgIpc) is 3.01. The summed E-state index contributed by atoms with van der Waals surface area (Å²) < 4.78 is 41.5. The number of hydrogen-bond acceptors (Lipinski definition) is 4. The van der Waals surface area contributed by atoms with E-state index in [4.69, 9.17) is 0 Å². The van der Waals surface area contributed by atoms with Crippen LogP contribution in [-0.2, 0) is 19.6 Å². The van der Waals surface area contributed by atoms with Gasteiger partial charge in [0, 0.05) is 19.7 Å². The van der Waals surface area contributed by atoms with Gasteiger partial charge in [-0.2, -0.15) is 17.9 Å². The quantitative estimate of drug-likeness (QED) is 0.743. The van der Waals surface area contributed by atoms with Crippen LogP contribution in [0.4, 0.5) is 13.2 Å². The second kappa shape index (κ2) is 5.32. The summed E-state index contributed by atoms with van der Waals surface area (Å²) in [6.07, 6.45) is -1.88. The second-order valence-electron chi connectivity index (χ2n) is 5.34. The zero-order chi connectivity index (χ0) is 16.8. The van der Waals surface area contributed by atoms with Gasteiger partial charge in [0.05, 0.1) is 0 Å². The van der Waals surface area contributed by atoms with Crippen LogP contribution in [0.25, 0.3) is 17.1 Å². The first-order valence-electron chi connectivity index (χ1n) is 7.14. The van der Waals surface area contributed by atoms with Crippen molar-refractivity contribution in [2.24, 2.45) is 7.05 Å². The largest absolute Gasteiger partial charge is 0.453 e. The van der Waals surface area contributed by atoms with E-state index in [-0.39, 0.29) is 11.8 Å². The van der Waals surface area contributed by atoms with E-state index < -0.39 is 12.0 Å². The van der Waals surface area contributed by atoms with Crippen molar-refractivity contribution in [3.05, 3.63) is 29.5 Å². The molecule has 0 radical (unpaired) electrons. The Hall–Kier alpha value is -2.45. The normalized spacial score (nSPS) is 12.3. The lowest BCUT2D eigenvalue weighted by molar-refractivity contribution is -0.144. The van der Waals surface area contributed by atoms with Crippen LogP contribution < -0.4 is 0 Å². The smallest absolute Gasteiger partial charge is 0.296 e. The molecule has 0 amide bonds. The number of pyridine rings is 1. The first kappa shape index (κ1) is 15.4. The Morgan fingerprint density at radius 1 is 1.22 bits per heavy atom. The number of nitrogens with zero attached hydrogens (tertiary/aromatic N) is 6. The predicted octanol–water partition coefficient (Wildman–Crippen LogP) is 2.83. The number of imidazole rings is 1. The van der Waals surface area contributed by atoms with Gasteiger partial charge in [0.25, 0.3) is 5.82 Å². The van der Waals surface area contributed by atoms with Gasteiger partial charge in [0.1, 0.15) is 11.3 Å². The summed E-state index contributed by atoms with van der Waals surface area (Å²) in [5.74, 6) is -0.656. The van der Waals surface area contributed by atoms with Gasteiger partial charge in [0.15, 0.2) is 5.65 Å². The zero-order valence-electron chi connectivity index (χ0n) is 12.9. The fourth-order valence-electron chi connectivity index (χ4n) is 2.36. The van der Waals surface area contributed by atoms with Gasteiger partial charge in [0.2, 0.25) is 5.95 Å². The number of hydrogen-bond donors (Lipinski definition) is 0. The van der Waals surface area contributed by atoms with Gasteiger partial charge in [-0.05, 0) is 25.0 Å². The van der Waals surface area contributed by atoms with E-state index in [1.165, 1.54) is 0 Å². The third-order valence-electron chi connectivity index (χ3n) is 3.41. The van der Waals surface area contributed by atoms with Crippen LogP contribution in [-0.4, -0.2) is 29.3 Å². The van der Waals surface area contributed by atoms with Gasteiger partial charge >= 0.3 is 6.18 Å². The molecule has 23 heavy (non-hydrogen) atoms. The molecule has 0 aliphatic rings. The summed E-state index contributed by atoms with van der Waals surface area (Å²) >= 11 is 0. The minimum Gasteiger partial charge on any atom is -0.296 e. The average molecular weight is 324 g/mol. The van der Waals surface area contributed by atoms with E-state index in [2.05, 4.69) is 20.1 Å². The Morgan fingerprint density at radius 2 is 1.96 bits per heavy atom. The van der Waals surface area contributed by atoms with Crippen LogP contribution in [0, 0.1) is 6.92 Å². The Balaban J connectivity index is 2.21. The standard InChI is InChI=1S/C14H15F3N6/c1-4-5-10-20-12(14(15,16)17)21-23(10)13-19-9-6-8(2)7-18-11(9)22(13)3/h6-7H,4-5H2,1-3H3. The highest BCUT2D eigenvalue weighted by molar-refractivity contribution is 5.73. The molecule has 0 fully saturated rings. The van der Waals surface area contributed by atoms with Crippen molar-refractivity contribution in [3.63, 3.8) is 0 Å². The highest BCUT2D eigenvalue weighted by Crippen LogP contribution is 2.28. The Morgan fingerprint density at radius 3 is 2.61 bits per heavy atom. The van der Waals surface area contributed by atoms with Crippen molar-refractivity contribution < 1.29 is 13.2 Å². The van der Waals surface area contributed by atoms with Crippen LogP contribution in [0.5, 0.6) is 0 Å². The molecule has 9 heteroatoms. The lowest BCUT2D eigenvalue weighted by atomic mass is 10.3. The fraction of sp³-hybridized carbons (Fsp3) is 0.429. The van der Waals surface area contributed by atoms with Crippen molar-refractivity contribution >= 4 is 11.2 Å². The number of fused-ring (bicyclic) bond motifs is 1. The molecule has 6 nitrogen and oxygen atoms in total. The lowest BCUT2D eigenvalue weighted by Crippen LogP contribution is -2.11. The molecular weight excluding hydrogens is 309 g/mol. The molecule has 0 aliphatic heterocycles. The van der Waals surface area contributed by atoms with Crippen LogP contribution in [0.15, 0.2) is 12.3 Å². The number of aryl methyl sites for hydroxylation is 3. The third-order valence-corrected chi connectivity index (χ3v) is 3.41. The van der Waals surface area contributed by atoms with Crippen LogP contribution in [0.2, 0.25) is 0 Å². The van der Waals surface area contributed by atoms with Gasteiger partial charge < -0.3 is 0 Å². The topological polar surface area (TPSA) is 61.4 Å². The van der Waals surface area contributed by atoms with E-state index in [1.54, 1.807) is 17.8 Å². The fourth-order valence-corrected chi connectivity index (χ4v) is 2.36. The minimum atomic E-state index is -4.59. The Bertz CT molecular complexity index is 861. The summed E-state index contributed by atoms with van der Waals surface area (Å²) in [4.78, 5) is 12.3. The highest BCUT2D eigenvalue weighted by Gasteiger charge is 2.37. The molecule has 0 unspecified atom stereocenters. The molecule has 0 saturated carbocycles. The summed E-state index contributed by atoms with van der Waals surface area (Å²) in [5, 5.41) is 3.62. The molecule has 3 aromatic rings. The van der Waals surface area contributed by atoms with E-state index in [1.807, 2.05) is 19.9 Å². The van der Waals surface area contributed by atoms with Gasteiger partial charge in [-0.1, -0.05) is 6.92 Å². The molecule has 0 spiro atoms. The van der Waals surface area contributed by atoms with Crippen LogP contribution in [0.1, 0.15) is 30.6 Å². The van der Waals surface area contributed by atoms with Gasteiger partial charge in [-0.3, -0.25) is 4.57 Å². The van der Waals surface area contributed by atoms with Crippen molar-refractivity contribution in [3.8, 4) is 5.95 Å². The molecule has 3 rings (SSSR count). The summed E-state index contributed by atoms with van der Waals surface area (Å²) in [5.41, 5.74) is 2.11. The Kier molecular flexibility index (Phi) is 3.57. The first-order chi connectivity index (χ1) is 10.8. The molecule has 3 aromatic heterocycles. The van der Waals surface area contributed by atoms with Crippen LogP contribution >= 0.6 is 0 Å². The summed E-state index contributed by atoms with van der Waals surface area (Å²) in [6, 6.07) is 1.83. The minimum absolute atomic E-state index is 0.231.